The summed E-state index contributed by atoms with van der Waals surface area (Å²) in [7, 11) is 0. The molecule has 2 N–H and O–H groups in total. The van der Waals surface area contributed by atoms with Crippen LogP contribution in [0.3, 0.4) is 0 Å². The lowest BCUT2D eigenvalue weighted by Gasteiger charge is -2.11. The van der Waals surface area contributed by atoms with E-state index in [0.717, 1.165) is 35.2 Å². The summed E-state index contributed by atoms with van der Waals surface area (Å²) in [5.74, 6) is 0.645. The van der Waals surface area contributed by atoms with Crippen LogP contribution in [-0.2, 0) is 6.42 Å². The van der Waals surface area contributed by atoms with Crippen LogP contribution in [0.2, 0.25) is 0 Å². The molecular formula is C26H25N3. The SMILES string of the molecule is c1ccc2c(c1)NCC2CCCc1ccc(Nc2ccnc3ccccc23)cc1. The first kappa shape index (κ1) is 17.7. The van der Waals surface area contributed by atoms with Gasteiger partial charge in [-0.2, -0.15) is 0 Å². The summed E-state index contributed by atoms with van der Waals surface area (Å²) in [6.07, 6.45) is 5.42. The van der Waals surface area contributed by atoms with Crippen LogP contribution in [0.25, 0.3) is 10.9 Å². The van der Waals surface area contributed by atoms with E-state index >= 15 is 0 Å². The number of benzene rings is 3. The van der Waals surface area contributed by atoms with E-state index in [9.17, 15) is 0 Å². The summed E-state index contributed by atoms with van der Waals surface area (Å²) < 4.78 is 0. The average molecular weight is 380 g/mol. The molecule has 1 aliphatic heterocycles. The predicted molar refractivity (Wildman–Crippen MR) is 122 cm³/mol. The molecule has 0 saturated carbocycles. The van der Waals surface area contributed by atoms with Crippen molar-refractivity contribution in [3.05, 3.63) is 96.2 Å². The topological polar surface area (TPSA) is 37.0 Å². The molecule has 1 aromatic heterocycles. The van der Waals surface area contributed by atoms with Gasteiger partial charge in [-0.3, -0.25) is 4.98 Å². The molecule has 1 atom stereocenters. The molecule has 0 aliphatic carbocycles. The normalized spacial score (nSPS) is 15.1. The average Bonchev–Trinajstić information content (AvgIpc) is 3.18. The van der Waals surface area contributed by atoms with Gasteiger partial charge in [0.05, 0.1) is 5.52 Å². The van der Waals surface area contributed by atoms with E-state index in [1.54, 1.807) is 0 Å². The fourth-order valence-electron chi connectivity index (χ4n) is 4.28. The summed E-state index contributed by atoms with van der Waals surface area (Å²) in [5, 5.41) is 8.21. The van der Waals surface area contributed by atoms with Crippen LogP contribution >= 0.6 is 0 Å². The van der Waals surface area contributed by atoms with Crippen molar-refractivity contribution in [1.29, 1.82) is 0 Å². The predicted octanol–water partition coefficient (Wildman–Crippen LogP) is 6.51. The van der Waals surface area contributed by atoms with Crippen LogP contribution in [0.5, 0.6) is 0 Å². The minimum absolute atomic E-state index is 0.645. The van der Waals surface area contributed by atoms with Crippen LogP contribution < -0.4 is 10.6 Å². The summed E-state index contributed by atoms with van der Waals surface area (Å²) in [5.41, 5.74) is 7.41. The van der Waals surface area contributed by atoms with E-state index in [1.807, 2.05) is 24.4 Å². The number of aryl methyl sites for hydroxylation is 1. The lowest BCUT2D eigenvalue weighted by Crippen LogP contribution is -2.02. The van der Waals surface area contributed by atoms with E-state index in [-0.39, 0.29) is 0 Å². The van der Waals surface area contributed by atoms with Gasteiger partial charge >= 0.3 is 0 Å². The summed E-state index contributed by atoms with van der Waals surface area (Å²) >= 11 is 0. The first-order valence-corrected chi connectivity index (χ1v) is 10.4. The minimum atomic E-state index is 0.645. The Balaban J connectivity index is 1.20. The van der Waals surface area contributed by atoms with Crippen molar-refractivity contribution in [3.63, 3.8) is 0 Å². The number of nitrogens with one attached hydrogen (secondary N) is 2. The van der Waals surface area contributed by atoms with E-state index in [0.29, 0.717) is 5.92 Å². The van der Waals surface area contributed by atoms with Gasteiger partial charge in [-0.15, -0.1) is 0 Å². The minimum Gasteiger partial charge on any atom is -0.384 e. The smallest absolute Gasteiger partial charge is 0.0722 e. The second kappa shape index (κ2) is 7.96. The molecule has 5 rings (SSSR count). The Kier molecular flexibility index (Phi) is 4.87. The fourth-order valence-corrected chi connectivity index (χ4v) is 4.28. The van der Waals surface area contributed by atoms with Crippen LogP contribution in [0.1, 0.15) is 29.9 Å². The third kappa shape index (κ3) is 3.81. The van der Waals surface area contributed by atoms with Gasteiger partial charge in [0, 0.05) is 41.1 Å². The molecule has 0 saturated heterocycles. The quantitative estimate of drug-likeness (QED) is 0.401. The van der Waals surface area contributed by atoms with Crippen LogP contribution in [0.15, 0.2) is 85.1 Å². The lowest BCUT2D eigenvalue weighted by atomic mass is 9.94. The van der Waals surface area contributed by atoms with Crippen molar-refractivity contribution in [2.45, 2.75) is 25.2 Å². The number of para-hydroxylation sites is 2. The molecule has 1 unspecified atom stereocenters. The third-order valence-electron chi connectivity index (χ3n) is 5.84. The standard InChI is InChI=1S/C26H25N3/c1-3-10-24-22(8-1)20(18-28-24)7-5-6-19-12-14-21(15-13-19)29-26-16-17-27-25-11-4-2-9-23(25)26/h1-4,8-17,20,28H,5-7,18H2,(H,27,29). The summed E-state index contributed by atoms with van der Waals surface area (Å²) in [4.78, 5) is 4.43. The van der Waals surface area contributed by atoms with E-state index < -0.39 is 0 Å². The number of hydrogen-bond donors (Lipinski definition) is 2. The zero-order chi connectivity index (χ0) is 19.5. The van der Waals surface area contributed by atoms with Gasteiger partial charge in [-0.1, -0.05) is 48.5 Å². The Hall–Kier alpha value is -3.33. The molecule has 2 heterocycles. The maximum absolute atomic E-state index is 4.43. The van der Waals surface area contributed by atoms with Crippen molar-refractivity contribution >= 4 is 28.0 Å². The number of anilines is 3. The van der Waals surface area contributed by atoms with Crippen molar-refractivity contribution in [1.82, 2.24) is 4.98 Å². The van der Waals surface area contributed by atoms with Gasteiger partial charge in [-0.05, 0) is 60.7 Å². The number of aromatic nitrogens is 1. The van der Waals surface area contributed by atoms with E-state index in [4.69, 9.17) is 0 Å². The second-order valence-corrected chi connectivity index (χ2v) is 7.75. The monoisotopic (exact) mass is 379 g/mol. The highest BCUT2D eigenvalue weighted by Crippen LogP contribution is 2.34. The number of nitrogens with zero attached hydrogens (tertiary/aromatic N) is 1. The maximum atomic E-state index is 4.43. The number of pyridine rings is 1. The zero-order valence-corrected chi connectivity index (χ0v) is 16.4. The Morgan fingerprint density at radius 2 is 1.72 bits per heavy atom. The Morgan fingerprint density at radius 1 is 0.897 bits per heavy atom. The summed E-state index contributed by atoms with van der Waals surface area (Å²) in [6.45, 7) is 1.07. The van der Waals surface area contributed by atoms with Gasteiger partial charge in [0.2, 0.25) is 0 Å². The molecule has 29 heavy (non-hydrogen) atoms. The lowest BCUT2D eigenvalue weighted by molar-refractivity contribution is 0.631. The highest BCUT2D eigenvalue weighted by molar-refractivity contribution is 5.92. The van der Waals surface area contributed by atoms with Crippen molar-refractivity contribution in [2.24, 2.45) is 0 Å². The molecule has 0 bridgehead atoms. The largest absolute Gasteiger partial charge is 0.384 e. The maximum Gasteiger partial charge on any atom is 0.0722 e. The van der Waals surface area contributed by atoms with Crippen LogP contribution in [0, 0.1) is 0 Å². The first-order valence-electron chi connectivity index (χ1n) is 10.4. The molecule has 3 nitrogen and oxygen atoms in total. The number of hydrogen-bond acceptors (Lipinski definition) is 3. The number of rotatable bonds is 6. The van der Waals surface area contributed by atoms with Crippen molar-refractivity contribution < 1.29 is 0 Å². The van der Waals surface area contributed by atoms with Gasteiger partial charge in [-0.25, -0.2) is 0 Å². The molecule has 144 valence electrons. The van der Waals surface area contributed by atoms with Crippen molar-refractivity contribution in [3.8, 4) is 0 Å². The molecule has 0 radical (unpaired) electrons. The summed E-state index contributed by atoms with van der Waals surface area (Å²) in [6, 6.07) is 27.8. The molecular weight excluding hydrogens is 354 g/mol. The molecule has 0 fully saturated rings. The van der Waals surface area contributed by atoms with Gasteiger partial charge < -0.3 is 10.6 Å². The Labute approximate surface area is 171 Å². The Bertz CT molecular complexity index is 1110. The second-order valence-electron chi connectivity index (χ2n) is 7.75. The Morgan fingerprint density at radius 3 is 2.66 bits per heavy atom. The molecule has 1 aliphatic rings. The van der Waals surface area contributed by atoms with E-state index in [2.05, 4.69) is 76.3 Å². The molecule has 3 heteroatoms. The zero-order valence-electron chi connectivity index (χ0n) is 16.4. The molecule has 3 aromatic carbocycles. The molecule has 0 spiro atoms. The van der Waals surface area contributed by atoms with Gasteiger partial charge in [0.25, 0.3) is 0 Å². The van der Waals surface area contributed by atoms with Gasteiger partial charge in [0.1, 0.15) is 0 Å². The van der Waals surface area contributed by atoms with Crippen LogP contribution in [-0.4, -0.2) is 11.5 Å². The molecule has 0 amide bonds. The van der Waals surface area contributed by atoms with E-state index in [1.165, 1.54) is 29.7 Å². The van der Waals surface area contributed by atoms with Crippen LogP contribution in [0.4, 0.5) is 17.1 Å². The fraction of sp³-hybridized carbons (Fsp3) is 0.192. The highest BCUT2D eigenvalue weighted by Gasteiger charge is 2.20. The first-order chi connectivity index (χ1) is 14.4. The molecule has 4 aromatic rings. The highest BCUT2D eigenvalue weighted by atomic mass is 14.9. The number of fused-ring (bicyclic) bond motifs is 2. The third-order valence-corrected chi connectivity index (χ3v) is 5.84. The van der Waals surface area contributed by atoms with Crippen molar-refractivity contribution in [2.75, 3.05) is 17.2 Å². The van der Waals surface area contributed by atoms with Gasteiger partial charge in [0.15, 0.2) is 0 Å².